The molecule has 0 aromatic carbocycles. The van der Waals surface area contributed by atoms with Gasteiger partial charge in [0.1, 0.15) is 0 Å². The molecule has 0 bridgehead atoms. The Labute approximate surface area is 131 Å². The SMILES string of the molecule is Cc1cc(C)n(C[C@H]2CN([C@@H](C)c3cccnc3)CCO2)n1. The predicted molar refractivity (Wildman–Crippen MR) is 85.7 cm³/mol. The summed E-state index contributed by atoms with van der Waals surface area (Å²) in [6.45, 7) is 9.84. The van der Waals surface area contributed by atoms with Crippen LogP contribution in [0.25, 0.3) is 0 Å². The number of rotatable bonds is 4. The van der Waals surface area contributed by atoms with Gasteiger partial charge in [0.05, 0.1) is 24.9 Å². The van der Waals surface area contributed by atoms with Crippen molar-refractivity contribution in [3.63, 3.8) is 0 Å². The van der Waals surface area contributed by atoms with Gasteiger partial charge in [-0.15, -0.1) is 0 Å². The summed E-state index contributed by atoms with van der Waals surface area (Å²) < 4.78 is 8.00. The highest BCUT2D eigenvalue weighted by Crippen LogP contribution is 2.22. The van der Waals surface area contributed by atoms with Gasteiger partial charge < -0.3 is 4.74 Å². The molecule has 2 atom stereocenters. The molecule has 2 aromatic rings. The Morgan fingerprint density at radius 3 is 2.95 bits per heavy atom. The van der Waals surface area contributed by atoms with Crippen LogP contribution in [0.3, 0.4) is 0 Å². The molecule has 0 aliphatic carbocycles. The summed E-state index contributed by atoms with van der Waals surface area (Å²) in [5.41, 5.74) is 3.52. The summed E-state index contributed by atoms with van der Waals surface area (Å²) >= 11 is 0. The van der Waals surface area contributed by atoms with E-state index in [-0.39, 0.29) is 6.10 Å². The molecule has 0 amide bonds. The van der Waals surface area contributed by atoms with Gasteiger partial charge in [0.2, 0.25) is 0 Å². The lowest BCUT2D eigenvalue weighted by Crippen LogP contribution is -2.45. The second-order valence-corrected chi connectivity index (χ2v) is 6.06. The van der Waals surface area contributed by atoms with Crippen molar-refractivity contribution in [2.75, 3.05) is 19.7 Å². The number of aromatic nitrogens is 3. The molecule has 22 heavy (non-hydrogen) atoms. The van der Waals surface area contributed by atoms with Crippen molar-refractivity contribution >= 4 is 0 Å². The molecule has 2 aromatic heterocycles. The third-order valence-electron chi connectivity index (χ3n) is 4.36. The van der Waals surface area contributed by atoms with E-state index in [9.17, 15) is 0 Å². The smallest absolute Gasteiger partial charge is 0.0898 e. The first-order valence-electron chi connectivity index (χ1n) is 7.90. The number of aryl methyl sites for hydroxylation is 2. The molecule has 5 nitrogen and oxygen atoms in total. The van der Waals surface area contributed by atoms with Crippen LogP contribution in [0.5, 0.6) is 0 Å². The lowest BCUT2D eigenvalue weighted by Gasteiger charge is -2.37. The molecule has 3 heterocycles. The summed E-state index contributed by atoms with van der Waals surface area (Å²) in [6.07, 6.45) is 3.96. The number of hydrogen-bond acceptors (Lipinski definition) is 4. The number of nitrogens with zero attached hydrogens (tertiary/aromatic N) is 4. The molecule has 3 rings (SSSR count). The Kier molecular flexibility index (Phi) is 4.55. The molecule has 5 heteroatoms. The number of hydrogen-bond donors (Lipinski definition) is 0. The third-order valence-corrected chi connectivity index (χ3v) is 4.36. The minimum absolute atomic E-state index is 0.186. The molecule has 0 spiro atoms. The maximum atomic E-state index is 5.94. The average molecular weight is 300 g/mol. The number of pyridine rings is 1. The van der Waals surface area contributed by atoms with Gasteiger partial charge in [0, 0.05) is 37.2 Å². The maximum Gasteiger partial charge on any atom is 0.0898 e. The van der Waals surface area contributed by atoms with Gasteiger partial charge in [-0.2, -0.15) is 5.10 Å². The molecule has 0 N–H and O–H groups in total. The maximum absolute atomic E-state index is 5.94. The largest absolute Gasteiger partial charge is 0.374 e. The quantitative estimate of drug-likeness (QED) is 0.869. The molecule has 0 saturated carbocycles. The predicted octanol–water partition coefficient (Wildman–Crippen LogP) is 2.36. The Morgan fingerprint density at radius 1 is 1.41 bits per heavy atom. The number of ether oxygens (including phenoxy) is 1. The summed E-state index contributed by atoms with van der Waals surface area (Å²) in [6, 6.07) is 6.61. The minimum atomic E-state index is 0.186. The van der Waals surface area contributed by atoms with Crippen molar-refractivity contribution in [1.82, 2.24) is 19.7 Å². The zero-order valence-corrected chi connectivity index (χ0v) is 13.6. The van der Waals surface area contributed by atoms with Crippen molar-refractivity contribution in [2.24, 2.45) is 0 Å². The summed E-state index contributed by atoms with van der Waals surface area (Å²) in [5, 5.41) is 4.54. The van der Waals surface area contributed by atoms with Gasteiger partial charge in [0.25, 0.3) is 0 Å². The highest BCUT2D eigenvalue weighted by Gasteiger charge is 2.25. The minimum Gasteiger partial charge on any atom is -0.374 e. The fourth-order valence-electron chi connectivity index (χ4n) is 3.09. The van der Waals surface area contributed by atoms with Crippen LogP contribution in [0.15, 0.2) is 30.6 Å². The van der Waals surface area contributed by atoms with E-state index in [0.29, 0.717) is 6.04 Å². The van der Waals surface area contributed by atoms with Crippen molar-refractivity contribution in [1.29, 1.82) is 0 Å². The van der Waals surface area contributed by atoms with E-state index in [0.717, 1.165) is 31.9 Å². The van der Waals surface area contributed by atoms with Crippen LogP contribution in [0, 0.1) is 13.8 Å². The average Bonchev–Trinajstić information content (AvgIpc) is 2.85. The van der Waals surface area contributed by atoms with Crippen molar-refractivity contribution < 1.29 is 4.74 Å². The molecular weight excluding hydrogens is 276 g/mol. The van der Waals surface area contributed by atoms with Gasteiger partial charge in [-0.1, -0.05) is 6.07 Å². The van der Waals surface area contributed by atoms with Crippen LogP contribution in [0.4, 0.5) is 0 Å². The van der Waals surface area contributed by atoms with E-state index in [1.165, 1.54) is 11.3 Å². The van der Waals surface area contributed by atoms with Crippen molar-refractivity contribution in [3.05, 3.63) is 47.5 Å². The zero-order valence-electron chi connectivity index (χ0n) is 13.6. The van der Waals surface area contributed by atoms with E-state index in [1.807, 2.05) is 25.4 Å². The lowest BCUT2D eigenvalue weighted by atomic mass is 10.1. The normalized spacial score (nSPS) is 21.0. The Balaban J connectivity index is 1.65. The molecular formula is C17H24N4O. The molecule has 0 radical (unpaired) electrons. The third kappa shape index (κ3) is 3.36. The van der Waals surface area contributed by atoms with E-state index in [1.54, 1.807) is 0 Å². The molecule has 0 unspecified atom stereocenters. The highest BCUT2D eigenvalue weighted by atomic mass is 16.5. The van der Waals surface area contributed by atoms with Crippen LogP contribution >= 0.6 is 0 Å². The molecule has 1 aliphatic rings. The molecule has 1 aliphatic heterocycles. The molecule has 1 saturated heterocycles. The van der Waals surface area contributed by atoms with Gasteiger partial charge in [-0.25, -0.2) is 0 Å². The van der Waals surface area contributed by atoms with E-state index < -0.39 is 0 Å². The van der Waals surface area contributed by atoms with Crippen LogP contribution in [0.1, 0.15) is 29.9 Å². The first kappa shape index (κ1) is 15.2. The Morgan fingerprint density at radius 2 is 2.27 bits per heavy atom. The van der Waals surface area contributed by atoms with Gasteiger partial charge in [-0.05, 0) is 38.5 Å². The van der Waals surface area contributed by atoms with Crippen LogP contribution in [0.2, 0.25) is 0 Å². The zero-order chi connectivity index (χ0) is 15.5. The monoisotopic (exact) mass is 300 g/mol. The standard InChI is InChI=1S/C17H24N4O/c1-13-9-14(2)21(19-13)12-17-11-20(7-8-22-17)15(3)16-5-4-6-18-10-16/h4-6,9-10,15,17H,7-8,11-12H2,1-3H3/t15-,17+/m0/s1. The van der Waals surface area contributed by atoms with E-state index >= 15 is 0 Å². The number of morpholine rings is 1. The van der Waals surface area contributed by atoms with E-state index in [2.05, 4.69) is 45.6 Å². The Hall–Kier alpha value is -1.72. The topological polar surface area (TPSA) is 43.2 Å². The fraction of sp³-hybridized carbons (Fsp3) is 0.529. The van der Waals surface area contributed by atoms with Gasteiger partial charge >= 0.3 is 0 Å². The second-order valence-electron chi connectivity index (χ2n) is 6.06. The molecule has 118 valence electrons. The van der Waals surface area contributed by atoms with Gasteiger partial charge in [-0.3, -0.25) is 14.6 Å². The second kappa shape index (κ2) is 6.58. The van der Waals surface area contributed by atoms with Gasteiger partial charge in [0.15, 0.2) is 0 Å². The Bertz CT molecular complexity index is 610. The highest BCUT2D eigenvalue weighted by molar-refractivity contribution is 5.13. The molecule has 1 fully saturated rings. The van der Waals surface area contributed by atoms with Crippen LogP contribution < -0.4 is 0 Å². The lowest BCUT2D eigenvalue weighted by molar-refractivity contribution is -0.0499. The first-order chi connectivity index (χ1) is 10.6. The van der Waals surface area contributed by atoms with Crippen LogP contribution in [-0.4, -0.2) is 45.5 Å². The van der Waals surface area contributed by atoms with Crippen LogP contribution in [-0.2, 0) is 11.3 Å². The summed E-state index contributed by atoms with van der Waals surface area (Å²) in [4.78, 5) is 6.70. The first-order valence-corrected chi connectivity index (χ1v) is 7.90. The summed E-state index contributed by atoms with van der Waals surface area (Å²) in [5.74, 6) is 0. The van der Waals surface area contributed by atoms with Crippen molar-refractivity contribution in [3.8, 4) is 0 Å². The fourth-order valence-corrected chi connectivity index (χ4v) is 3.09. The summed E-state index contributed by atoms with van der Waals surface area (Å²) in [7, 11) is 0. The van der Waals surface area contributed by atoms with Crippen molar-refractivity contribution in [2.45, 2.75) is 39.5 Å². The van der Waals surface area contributed by atoms with E-state index in [4.69, 9.17) is 4.74 Å².